The maximum Gasteiger partial charge on any atom is 0.224 e. The fraction of sp³-hybridized carbons (Fsp3) is 0.480. The van der Waals surface area contributed by atoms with Crippen LogP contribution in [-0.4, -0.2) is 55.3 Å². The van der Waals surface area contributed by atoms with E-state index in [9.17, 15) is 14.4 Å². The van der Waals surface area contributed by atoms with Crippen molar-refractivity contribution in [3.8, 4) is 0 Å². The van der Waals surface area contributed by atoms with Crippen LogP contribution >= 0.6 is 0 Å². The molecule has 1 aliphatic heterocycles. The zero-order valence-electron chi connectivity index (χ0n) is 18.1. The van der Waals surface area contributed by atoms with Crippen molar-refractivity contribution in [2.45, 2.75) is 45.1 Å². The molecule has 1 radical (unpaired) electrons. The van der Waals surface area contributed by atoms with Crippen molar-refractivity contribution in [2.24, 2.45) is 5.92 Å². The minimum absolute atomic E-state index is 0.0520. The van der Waals surface area contributed by atoms with Crippen LogP contribution in [-0.2, 0) is 25.5 Å². The lowest BCUT2D eigenvalue weighted by molar-refractivity contribution is -0.139. The monoisotopic (exact) mass is 423 g/mol. The second-order valence-electron chi connectivity index (χ2n) is 8.06. The van der Waals surface area contributed by atoms with Gasteiger partial charge in [0.1, 0.15) is 0 Å². The van der Waals surface area contributed by atoms with Crippen molar-refractivity contribution >= 4 is 28.9 Å². The lowest BCUT2D eigenvalue weighted by Crippen LogP contribution is -2.45. The molecule has 1 saturated heterocycles. The van der Waals surface area contributed by atoms with Crippen LogP contribution < -0.4 is 5.32 Å². The van der Waals surface area contributed by atoms with Crippen molar-refractivity contribution < 1.29 is 19.1 Å². The molecule has 3 rings (SSSR count). The van der Waals surface area contributed by atoms with Crippen molar-refractivity contribution in [3.05, 3.63) is 48.0 Å². The third-order valence-electron chi connectivity index (χ3n) is 5.81. The number of hydrogen-bond acceptors (Lipinski definition) is 4. The normalized spacial score (nSPS) is 16.0. The van der Waals surface area contributed by atoms with Crippen LogP contribution in [0.2, 0.25) is 0 Å². The summed E-state index contributed by atoms with van der Waals surface area (Å²) in [6.07, 6.45) is 4.81. The smallest absolute Gasteiger partial charge is 0.224 e. The molecule has 0 bridgehead atoms. The number of nitrogens with one attached hydrogen (secondary N) is 1. The topological polar surface area (TPSA) is 75.7 Å². The Morgan fingerprint density at radius 2 is 1.87 bits per heavy atom. The van der Waals surface area contributed by atoms with Gasteiger partial charge in [0.25, 0.3) is 0 Å². The van der Waals surface area contributed by atoms with Crippen molar-refractivity contribution in [3.63, 3.8) is 0 Å². The number of rotatable bonds is 10. The number of nitrogens with zero attached hydrogens (tertiary/aromatic N) is 1. The zero-order valence-corrected chi connectivity index (χ0v) is 18.1. The Labute approximate surface area is 183 Å². The highest BCUT2D eigenvalue weighted by Gasteiger charge is 2.28. The number of benzene rings is 2. The molecule has 2 aromatic rings. The third-order valence-corrected chi connectivity index (χ3v) is 5.81. The second-order valence-corrected chi connectivity index (χ2v) is 8.06. The Morgan fingerprint density at radius 3 is 2.61 bits per heavy atom. The van der Waals surface area contributed by atoms with E-state index in [-0.39, 0.29) is 18.2 Å². The van der Waals surface area contributed by atoms with Crippen molar-refractivity contribution in [1.82, 2.24) is 10.2 Å². The van der Waals surface area contributed by atoms with Gasteiger partial charge in [-0.1, -0.05) is 62.2 Å². The Hall–Kier alpha value is -2.73. The molecule has 0 saturated carbocycles. The summed E-state index contributed by atoms with van der Waals surface area (Å²) in [7, 11) is 0. The SMILES string of the molecule is CCCC[C@@H]([C]=O)NC(=O)C(CC(=O)N1CCOCC1)Cc1cccc2ccccc12. The summed E-state index contributed by atoms with van der Waals surface area (Å²) in [6, 6.07) is 13.4. The van der Waals surface area contributed by atoms with Gasteiger partial charge in [-0.15, -0.1) is 0 Å². The van der Waals surface area contributed by atoms with E-state index in [1.807, 2.05) is 55.7 Å². The summed E-state index contributed by atoms with van der Waals surface area (Å²) in [6.45, 7) is 4.16. The van der Waals surface area contributed by atoms with E-state index in [1.54, 1.807) is 4.90 Å². The summed E-state index contributed by atoms with van der Waals surface area (Å²) in [5.41, 5.74) is 1.02. The van der Waals surface area contributed by atoms with Crippen LogP contribution in [0.5, 0.6) is 0 Å². The van der Waals surface area contributed by atoms with Gasteiger partial charge in [-0.3, -0.25) is 14.4 Å². The quantitative estimate of drug-likeness (QED) is 0.637. The van der Waals surface area contributed by atoms with Crippen LogP contribution in [0, 0.1) is 5.92 Å². The van der Waals surface area contributed by atoms with E-state index in [0.717, 1.165) is 29.2 Å². The molecule has 0 aromatic heterocycles. The molecule has 2 aromatic carbocycles. The number of fused-ring (bicyclic) bond motifs is 1. The maximum absolute atomic E-state index is 13.1. The van der Waals surface area contributed by atoms with Gasteiger partial charge in [0.2, 0.25) is 18.1 Å². The number of carbonyl (C=O) groups is 2. The summed E-state index contributed by atoms with van der Waals surface area (Å²) >= 11 is 0. The molecule has 6 nitrogen and oxygen atoms in total. The first-order chi connectivity index (χ1) is 15.1. The Kier molecular flexibility index (Phi) is 8.59. The molecule has 165 valence electrons. The highest BCUT2D eigenvalue weighted by atomic mass is 16.5. The first kappa shape index (κ1) is 22.9. The fourth-order valence-corrected chi connectivity index (χ4v) is 4.00. The van der Waals surface area contributed by atoms with Crippen molar-refractivity contribution in [1.29, 1.82) is 0 Å². The van der Waals surface area contributed by atoms with Gasteiger partial charge in [-0.05, 0) is 29.2 Å². The first-order valence-corrected chi connectivity index (χ1v) is 11.1. The maximum atomic E-state index is 13.1. The molecule has 6 heteroatoms. The van der Waals surface area contributed by atoms with Crippen LogP contribution in [0.1, 0.15) is 38.2 Å². The van der Waals surface area contributed by atoms with Gasteiger partial charge in [-0.25, -0.2) is 0 Å². The molecular formula is C25H31N2O4. The van der Waals surface area contributed by atoms with Gasteiger partial charge >= 0.3 is 0 Å². The predicted molar refractivity (Wildman–Crippen MR) is 120 cm³/mol. The molecule has 0 spiro atoms. The van der Waals surface area contributed by atoms with Gasteiger partial charge in [-0.2, -0.15) is 0 Å². The average molecular weight is 424 g/mol. The van der Waals surface area contributed by atoms with Gasteiger partial charge in [0.15, 0.2) is 0 Å². The third kappa shape index (κ3) is 6.37. The molecule has 31 heavy (non-hydrogen) atoms. The van der Waals surface area contributed by atoms with Gasteiger partial charge < -0.3 is 15.0 Å². The number of ether oxygens (including phenoxy) is 1. The minimum atomic E-state index is -0.638. The van der Waals surface area contributed by atoms with Gasteiger partial charge in [0.05, 0.1) is 25.2 Å². The molecule has 2 atom stereocenters. The predicted octanol–water partition coefficient (Wildman–Crippen LogP) is 3.03. The summed E-state index contributed by atoms with van der Waals surface area (Å²) < 4.78 is 5.33. The van der Waals surface area contributed by atoms with E-state index >= 15 is 0 Å². The molecule has 2 amide bonds. The number of unbranched alkanes of at least 4 members (excludes halogenated alkanes) is 1. The molecule has 1 N–H and O–H groups in total. The van der Waals surface area contributed by atoms with Crippen LogP contribution in [0.15, 0.2) is 42.5 Å². The molecular weight excluding hydrogens is 392 g/mol. The highest BCUT2D eigenvalue weighted by Crippen LogP contribution is 2.23. The second kappa shape index (κ2) is 11.6. The van der Waals surface area contributed by atoms with E-state index in [0.29, 0.717) is 39.1 Å². The minimum Gasteiger partial charge on any atom is -0.378 e. The Morgan fingerprint density at radius 1 is 1.13 bits per heavy atom. The van der Waals surface area contributed by atoms with Crippen LogP contribution in [0.25, 0.3) is 10.8 Å². The fourth-order valence-electron chi connectivity index (χ4n) is 4.00. The molecule has 1 heterocycles. The van der Waals surface area contributed by atoms with Crippen LogP contribution in [0.4, 0.5) is 0 Å². The van der Waals surface area contributed by atoms with E-state index in [1.165, 1.54) is 0 Å². The highest BCUT2D eigenvalue weighted by molar-refractivity contribution is 5.89. The van der Waals surface area contributed by atoms with E-state index < -0.39 is 12.0 Å². The standard InChI is InChI=1S/C25H31N2O4/c1-2-3-10-22(18-28)26-25(30)21(17-24(29)27-12-14-31-15-13-27)16-20-9-6-8-19-7-4-5-11-23(19)20/h4-9,11,21-22H,2-3,10,12-17H2,1H3,(H,26,30)/t21?,22-/m0/s1. The lowest BCUT2D eigenvalue weighted by atomic mass is 9.91. The Balaban J connectivity index is 1.79. The molecule has 1 unspecified atom stereocenters. The number of carbonyl (C=O) groups excluding carboxylic acids is 3. The van der Waals surface area contributed by atoms with Crippen LogP contribution in [0.3, 0.4) is 0 Å². The summed E-state index contributed by atoms with van der Waals surface area (Å²) in [4.78, 5) is 39.2. The zero-order chi connectivity index (χ0) is 22.1. The first-order valence-electron chi connectivity index (χ1n) is 11.1. The average Bonchev–Trinajstić information content (AvgIpc) is 2.81. The number of amides is 2. The number of morpholine rings is 1. The molecule has 0 aliphatic carbocycles. The molecule has 1 fully saturated rings. The van der Waals surface area contributed by atoms with E-state index in [2.05, 4.69) is 5.32 Å². The largest absolute Gasteiger partial charge is 0.378 e. The summed E-state index contributed by atoms with van der Waals surface area (Å²) in [5.74, 6) is -0.874. The lowest BCUT2D eigenvalue weighted by Gasteiger charge is -2.28. The van der Waals surface area contributed by atoms with Gasteiger partial charge in [0, 0.05) is 19.5 Å². The summed E-state index contributed by atoms with van der Waals surface area (Å²) in [5, 5.41) is 4.99. The molecule has 1 aliphatic rings. The van der Waals surface area contributed by atoms with Crippen molar-refractivity contribution in [2.75, 3.05) is 26.3 Å². The Bertz CT molecular complexity index is 887. The van der Waals surface area contributed by atoms with E-state index in [4.69, 9.17) is 4.74 Å². The number of hydrogen-bond donors (Lipinski definition) is 1.